The van der Waals surface area contributed by atoms with E-state index in [-0.39, 0.29) is 17.1 Å². The molecule has 1 aliphatic rings. The third-order valence-corrected chi connectivity index (χ3v) is 4.87. The molecule has 3 heterocycles. The summed E-state index contributed by atoms with van der Waals surface area (Å²) in [5, 5.41) is 11.4. The third kappa shape index (κ3) is 3.60. The standard InChI is InChI=1S/C19H21N7O3/c1-10-8-16(27)22-19(20-10)26-15(7-11(2)23-26)21-18(29)12(3)25-17(28)9-13-5-4-6-14(13)24-25/h7-9,12H,4-6H2,1-3H3,(H,21,29)(H,20,22,27)/t12-/m1/s1. The molecule has 1 amide bonds. The fourth-order valence-electron chi connectivity index (χ4n) is 3.45. The summed E-state index contributed by atoms with van der Waals surface area (Å²) in [4.78, 5) is 43.9. The number of aryl methyl sites for hydroxylation is 4. The maximum atomic E-state index is 12.8. The highest BCUT2D eigenvalue weighted by Crippen LogP contribution is 2.19. The average Bonchev–Trinajstić information content (AvgIpc) is 3.25. The van der Waals surface area contributed by atoms with Gasteiger partial charge in [-0.15, -0.1) is 0 Å². The van der Waals surface area contributed by atoms with Crippen molar-refractivity contribution in [3.63, 3.8) is 0 Å². The van der Waals surface area contributed by atoms with Crippen LogP contribution < -0.4 is 16.4 Å². The molecule has 2 N–H and O–H groups in total. The van der Waals surface area contributed by atoms with Crippen LogP contribution in [-0.4, -0.2) is 35.4 Å². The number of H-pyrrole nitrogens is 1. The largest absolute Gasteiger partial charge is 0.309 e. The summed E-state index contributed by atoms with van der Waals surface area (Å²) in [7, 11) is 0. The quantitative estimate of drug-likeness (QED) is 0.673. The van der Waals surface area contributed by atoms with E-state index in [2.05, 4.69) is 25.5 Å². The van der Waals surface area contributed by atoms with Gasteiger partial charge in [0.15, 0.2) is 0 Å². The molecule has 0 bridgehead atoms. The van der Waals surface area contributed by atoms with Gasteiger partial charge in [0.25, 0.3) is 11.1 Å². The highest BCUT2D eigenvalue weighted by molar-refractivity contribution is 5.92. The number of nitrogens with one attached hydrogen (secondary N) is 2. The minimum Gasteiger partial charge on any atom is -0.309 e. The van der Waals surface area contributed by atoms with Crippen molar-refractivity contribution in [3.05, 3.63) is 61.6 Å². The van der Waals surface area contributed by atoms with Crippen molar-refractivity contribution in [3.8, 4) is 5.95 Å². The predicted octanol–water partition coefficient (Wildman–Crippen LogP) is 0.818. The number of aromatic nitrogens is 6. The number of hydrogen-bond donors (Lipinski definition) is 2. The molecule has 10 nitrogen and oxygen atoms in total. The molecule has 0 aromatic carbocycles. The highest BCUT2D eigenvalue weighted by Gasteiger charge is 2.23. The molecule has 0 saturated carbocycles. The molecule has 4 rings (SSSR count). The lowest BCUT2D eigenvalue weighted by atomic mass is 10.2. The number of amides is 1. The van der Waals surface area contributed by atoms with Crippen LogP contribution in [0.5, 0.6) is 0 Å². The molecule has 0 unspecified atom stereocenters. The Kier molecular flexibility index (Phi) is 4.61. The van der Waals surface area contributed by atoms with Gasteiger partial charge < -0.3 is 5.32 Å². The van der Waals surface area contributed by atoms with Gasteiger partial charge in [-0.3, -0.25) is 19.4 Å². The van der Waals surface area contributed by atoms with Gasteiger partial charge in [0.1, 0.15) is 11.9 Å². The minimum atomic E-state index is -0.818. The van der Waals surface area contributed by atoms with E-state index in [9.17, 15) is 14.4 Å². The van der Waals surface area contributed by atoms with Crippen LogP contribution >= 0.6 is 0 Å². The van der Waals surface area contributed by atoms with E-state index in [0.29, 0.717) is 17.2 Å². The van der Waals surface area contributed by atoms with Crippen molar-refractivity contribution in [1.29, 1.82) is 0 Å². The zero-order valence-electron chi connectivity index (χ0n) is 16.4. The molecule has 1 aliphatic carbocycles. The molecule has 1 atom stereocenters. The van der Waals surface area contributed by atoms with E-state index in [1.165, 1.54) is 15.4 Å². The zero-order valence-corrected chi connectivity index (χ0v) is 16.4. The Balaban J connectivity index is 1.64. The normalized spacial score (nSPS) is 13.9. The van der Waals surface area contributed by atoms with E-state index >= 15 is 0 Å². The van der Waals surface area contributed by atoms with Gasteiger partial charge in [-0.25, -0.2) is 9.67 Å². The number of carbonyl (C=O) groups excluding carboxylic acids is 1. The molecular formula is C19H21N7O3. The van der Waals surface area contributed by atoms with Crippen LogP contribution in [0.25, 0.3) is 5.95 Å². The van der Waals surface area contributed by atoms with Crippen LogP contribution in [0.1, 0.15) is 42.0 Å². The maximum Gasteiger partial charge on any atom is 0.267 e. The van der Waals surface area contributed by atoms with E-state index in [4.69, 9.17) is 0 Å². The first kappa shape index (κ1) is 18.8. The van der Waals surface area contributed by atoms with Crippen LogP contribution in [0.3, 0.4) is 0 Å². The highest BCUT2D eigenvalue weighted by atomic mass is 16.2. The smallest absolute Gasteiger partial charge is 0.267 e. The molecule has 0 radical (unpaired) electrons. The molecule has 3 aromatic heterocycles. The number of hydrogen-bond acceptors (Lipinski definition) is 6. The first-order valence-corrected chi connectivity index (χ1v) is 9.39. The second-order valence-corrected chi connectivity index (χ2v) is 7.21. The van der Waals surface area contributed by atoms with Crippen molar-refractivity contribution in [2.75, 3.05) is 5.32 Å². The second kappa shape index (κ2) is 7.12. The van der Waals surface area contributed by atoms with Crippen molar-refractivity contribution >= 4 is 11.7 Å². The number of nitrogens with zero attached hydrogens (tertiary/aromatic N) is 5. The Labute approximate surface area is 165 Å². The van der Waals surface area contributed by atoms with Crippen molar-refractivity contribution < 1.29 is 4.79 Å². The minimum absolute atomic E-state index is 0.193. The second-order valence-electron chi connectivity index (χ2n) is 7.21. The first-order valence-electron chi connectivity index (χ1n) is 9.39. The number of rotatable bonds is 4. The Bertz CT molecular complexity index is 1220. The molecule has 3 aromatic rings. The molecule has 0 fully saturated rings. The van der Waals surface area contributed by atoms with Crippen LogP contribution in [0.4, 0.5) is 5.82 Å². The fraction of sp³-hybridized carbons (Fsp3) is 0.368. The molecule has 29 heavy (non-hydrogen) atoms. The van der Waals surface area contributed by atoms with Crippen molar-refractivity contribution in [1.82, 2.24) is 29.5 Å². The van der Waals surface area contributed by atoms with Gasteiger partial charge in [0, 0.05) is 23.9 Å². The lowest BCUT2D eigenvalue weighted by molar-refractivity contribution is -0.119. The van der Waals surface area contributed by atoms with Crippen LogP contribution in [0, 0.1) is 13.8 Å². The zero-order chi connectivity index (χ0) is 20.7. The van der Waals surface area contributed by atoms with Gasteiger partial charge in [-0.2, -0.15) is 14.9 Å². The molecule has 0 aliphatic heterocycles. The molecular weight excluding hydrogens is 374 g/mol. The summed E-state index contributed by atoms with van der Waals surface area (Å²) in [6.07, 6.45) is 2.62. The Hall–Kier alpha value is -3.56. The van der Waals surface area contributed by atoms with Crippen LogP contribution in [-0.2, 0) is 17.6 Å². The van der Waals surface area contributed by atoms with E-state index in [1.54, 1.807) is 32.9 Å². The summed E-state index contributed by atoms with van der Waals surface area (Å²) in [6, 6.07) is 3.77. The summed E-state index contributed by atoms with van der Waals surface area (Å²) in [5.41, 5.74) is 2.36. The Morgan fingerprint density at radius 1 is 1.14 bits per heavy atom. The van der Waals surface area contributed by atoms with Crippen molar-refractivity contribution in [2.24, 2.45) is 0 Å². The summed E-state index contributed by atoms with van der Waals surface area (Å²) >= 11 is 0. The molecule has 10 heteroatoms. The van der Waals surface area contributed by atoms with Gasteiger partial charge >= 0.3 is 0 Å². The number of anilines is 1. The monoisotopic (exact) mass is 395 g/mol. The first-order chi connectivity index (χ1) is 13.8. The number of carbonyl (C=O) groups is 1. The predicted molar refractivity (Wildman–Crippen MR) is 105 cm³/mol. The molecule has 150 valence electrons. The third-order valence-electron chi connectivity index (χ3n) is 4.87. The Morgan fingerprint density at radius 3 is 2.69 bits per heavy atom. The number of fused-ring (bicyclic) bond motifs is 1. The molecule has 0 spiro atoms. The summed E-state index contributed by atoms with van der Waals surface area (Å²) in [6.45, 7) is 5.07. The van der Waals surface area contributed by atoms with Gasteiger partial charge in [0.05, 0.1) is 11.4 Å². The fourth-order valence-corrected chi connectivity index (χ4v) is 3.45. The van der Waals surface area contributed by atoms with Gasteiger partial charge in [-0.1, -0.05) is 0 Å². The average molecular weight is 395 g/mol. The summed E-state index contributed by atoms with van der Waals surface area (Å²) in [5.74, 6) is 0.106. The van der Waals surface area contributed by atoms with Gasteiger partial charge in [-0.05, 0) is 45.6 Å². The lowest BCUT2D eigenvalue weighted by Gasteiger charge is -2.15. The maximum absolute atomic E-state index is 12.8. The van der Waals surface area contributed by atoms with Gasteiger partial charge in [0.2, 0.25) is 11.9 Å². The van der Waals surface area contributed by atoms with Crippen LogP contribution in [0.2, 0.25) is 0 Å². The van der Waals surface area contributed by atoms with Crippen molar-refractivity contribution in [2.45, 2.75) is 46.1 Å². The summed E-state index contributed by atoms with van der Waals surface area (Å²) < 4.78 is 2.56. The molecule has 0 saturated heterocycles. The Morgan fingerprint density at radius 2 is 1.93 bits per heavy atom. The topological polar surface area (TPSA) is 128 Å². The van der Waals surface area contributed by atoms with E-state index < -0.39 is 11.9 Å². The number of aromatic amines is 1. The van der Waals surface area contributed by atoms with E-state index in [0.717, 1.165) is 30.5 Å². The SMILES string of the molecule is Cc1cc(=O)[nH]c(-n2nc(C)cc2NC(=O)[C@@H](C)n2nc3c(cc2=O)CCC3)n1. The van der Waals surface area contributed by atoms with E-state index in [1.807, 2.05) is 0 Å². The van der Waals surface area contributed by atoms with Crippen LogP contribution in [0.15, 0.2) is 27.8 Å². The lowest BCUT2D eigenvalue weighted by Crippen LogP contribution is -2.34.